The van der Waals surface area contributed by atoms with Gasteiger partial charge in [0, 0.05) is 19.1 Å². The number of likely N-dealkylation sites (tertiary alicyclic amines) is 1. The van der Waals surface area contributed by atoms with Gasteiger partial charge in [0.2, 0.25) is 0 Å². The van der Waals surface area contributed by atoms with Crippen molar-refractivity contribution in [3.63, 3.8) is 0 Å². The van der Waals surface area contributed by atoms with Crippen LogP contribution in [0.2, 0.25) is 0 Å². The maximum absolute atomic E-state index is 13.7. The molecule has 1 aromatic carbocycles. The summed E-state index contributed by atoms with van der Waals surface area (Å²) in [7, 11) is 0. The van der Waals surface area contributed by atoms with Gasteiger partial charge in [0.05, 0.1) is 5.56 Å². The van der Waals surface area contributed by atoms with E-state index in [1.165, 1.54) is 25.0 Å². The normalized spacial score (nSPS) is 18.9. The predicted molar refractivity (Wildman–Crippen MR) is 83.3 cm³/mol. The highest BCUT2D eigenvalue weighted by Crippen LogP contribution is 2.28. The summed E-state index contributed by atoms with van der Waals surface area (Å²) in [5, 5.41) is 3.53. The standard InChI is InChI=1S/C16H20F2N2O.ClH/c17-14-3-1-2-13(15(14)18)16(21)20-8-6-12(7-9-20)19-10-11-4-5-11;/h1-3,11-12,19H,4-10H2;1H. The van der Waals surface area contributed by atoms with Crippen molar-refractivity contribution < 1.29 is 13.6 Å². The Hall–Kier alpha value is -1.20. The second-order valence-electron chi connectivity index (χ2n) is 6.02. The number of amides is 1. The molecule has 1 heterocycles. The lowest BCUT2D eigenvalue weighted by Crippen LogP contribution is -2.45. The number of carbonyl (C=O) groups excluding carboxylic acids is 1. The van der Waals surface area contributed by atoms with Crippen LogP contribution < -0.4 is 5.32 Å². The molecule has 0 spiro atoms. The third kappa shape index (κ3) is 3.96. The lowest BCUT2D eigenvalue weighted by Gasteiger charge is -2.32. The molecular formula is C16H21ClF2N2O. The molecule has 1 N–H and O–H groups in total. The van der Waals surface area contributed by atoms with Crippen LogP contribution in [0.15, 0.2) is 18.2 Å². The Bertz CT molecular complexity index is 529. The Balaban J connectivity index is 0.00000176. The molecule has 0 unspecified atom stereocenters. The van der Waals surface area contributed by atoms with E-state index >= 15 is 0 Å². The topological polar surface area (TPSA) is 32.3 Å². The van der Waals surface area contributed by atoms with E-state index in [2.05, 4.69) is 5.32 Å². The summed E-state index contributed by atoms with van der Waals surface area (Å²) in [6, 6.07) is 4.18. The first-order valence-corrected chi connectivity index (χ1v) is 7.62. The minimum Gasteiger partial charge on any atom is -0.338 e. The van der Waals surface area contributed by atoms with Crippen LogP contribution in [0.1, 0.15) is 36.0 Å². The fourth-order valence-electron chi connectivity index (χ4n) is 2.78. The maximum Gasteiger partial charge on any atom is 0.256 e. The molecule has 1 amide bonds. The zero-order chi connectivity index (χ0) is 14.8. The number of hydrogen-bond acceptors (Lipinski definition) is 2. The highest BCUT2D eigenvalue weighted by Gasteiger charge is 2.27. The summed E-state index contributed by atoms with van der Waals surface area (Å²) in [4.78, 5) is 13.9. The van der Waals surface area contributed by atoms with E-state index in [4.69, 9.17) is 0 Å². The van der Waals surface area contributed by atoms with Gasteiger partial charge in [0.25, 0.3) is 5.91 Å². The number of hydrogen-bond donors (Lipinski definition) is 1. The Kier molecular flexibility index (Phi) is 5.75. The number of benzene rings is 1. The molecule has 1 aliphatic carbocycles. The smallest absolute Gasteiger partial charge is 0.256 e. The summed E-state index contributed by atoms with van der Waals surface area (Å²) in [5.41, 5.74) is -0.167. The van der Waals surface area contributed by atoms with Crippen LogP contribution in [0.4, 0.5) is 8.78 Å². The molecular weight excluding hydrogens is 310 g/mol. The van der Waals surface area contributed by atoms with Gasteiger partial charge in [0.15, 0.2) is 11.6 Å². The van der Waals surface area contributed by atoms with E-state index in [1.54, 1.807) is 4.90 Å². The molecule has 1 aliphatic heterocycles. The molecule has 2 aliphatic rings. The maximum atomic E-state index is 13.7. The third-order valence-corrected chi connectivity index (χ3v) is 4.36. The number of nitrogens with one attached hydrogen (secondary N) is 1. The Labute approximate surface area is 135 Å². The number of rotatable bonds is 4. The van der Waals surface area contributed by atoms with Crippen LogP contribution >= 0.6 is 12.4 Å². The average molecular weight is 331 g/mol. The fraction of sp³-hybridized carbons (Fsp3) is 0.562. The number of halogens is 3. The molecule has 3 rings (SSSR count). The minimum atomic E-state index is -1.04. The lowest BCUT2D eigenvalue weighted by atomic mass is 10.0. The van der Waals surface area contributed by atoms with E-state index in [9.17, 15) is 13.6 Å². The van der Waals surface area contributed by atoms with Crippen molar-refractivity contribution in [3.05, 3.63) is 35.4 Å². The van der Waals surface area contributed by atoms with Gasteiger partial charge in [-0.3, -0.25) is 4.79 Å². The summed E-state index contributed by atoms with van der Waals surface area (Å²) >= 11 is 0. The minimum absolute atomic E-state index is 0. The molecule has 22 heavy (non-hydrogen) atoms. The third-order valence-electron chi connectivity index (χ3n) is 4.36. The van der Waals surface area contributed by atoms with E-state index < -0.39 is 17.5 Å². The molecule has 122 valence electrons. The number of nitrogens with zero attached hydrogens (tertiary/aromatic N) is 1. The molecule has 3 nitrogen and oxygen atoms in total. The highest BCUT2D eigenvalue weighted by atomic mass is 35.5. The second kappa shape index (κ2) is 7.38. The van der Waals surface area contributed by atoms with Gasteiger partial charge in [0.1, 0.15) is 0 Å². The van der Waals surface area contributed by atoms with E-state index in [1.807, 2.05) is 0 Å². The largest absolute Gasteiger partial charge is 0.338 e. The van der Waals surface area contributed by atoms with Crippen molar-refractivity contribution in [1.82, 2.24) is 10.2 Å². The van der Waals surface area contributed by atoms with Crippen molar-refractivity contribution in [2.24, 2.45) is 5.92 Å². The molecule has 2 fully saturated rings. The van der Waals surface area contributed by atoms with Crippen LogP contribution in [0.3, 0.4) is 0 Å². The summed E-state index contributed by atoms with van der Waals surface area (Å²) in [5.74, 6) is -1.59. The summed E-state index contributed by atoms with van der Waals surface area (Å²) in [6.07, 6.45) is 4.39. The SMILES string of the molecule is Cl.O=C(c1cccc(F)c1F)N1CCC(NCC2CC2)CC1. The van der Waals surface area contributed by atoms with E-state index in [0.29, 0.717) is 19.1 Å². The van der Waals surface area contributed by atoms with Crippen molar-refractivity contribution >= 4 is 18.3 Å². The monoisotopic (exact) mass is 330 g/mol. The molecule has 0 radical (unpaired) electrons. The summed E-state index contributed by atoms with van der Waals surface area (Å²) in [6.45, 7) is 2.26. The first-order chi connectivity index (χ1) is 10.1. The van der Waals surface area contributed by atoms with Gasteiger partial charge in [-0.2, -0.15) is 0 Å². The first kappa shape index (κ1) is 17.2. The Morgan fingerprint density at radius 3 is 2.50 bits per heavy atom. The average Bonchev–Trinajstić information content (AvgIpc) is 3.32. The van der Waals surface area contributed by atoms with Gasteiger partial charge < -0.3 is 10.2 Å². The van der Waals surface area contributed by atoms with Gasteiger partial charge in [-0.1, -0.05) is 6.07 Å². The van der Waals surface area contributed by atoms with Crippen LogP contribution in [-0.2, 0) is 0 Å². The highest BCUT2D eigenvalue weighted by molar-refractivity contribution is 5.94. The van der Waals surface area contributed by atoms with Crippen molar-refractivity contribution in [3.8, 4) is 0 Å². The zero-order valence-corrected chi connectivity index (χ0v) is 13.2. The molecule has 1 saturated heterocycles. The molecule has 0 bridgehead atoms. The second-order valence-corrected chi connectivity index (χ2v) is 6.02. The quantitative estimate of drug-likeness (QED) is 0.920. The molecule has 1 aromatic rings. The number of piperidine rings is 1. The van der Waals surface area contributed by atoms with Crippen LogP contribution in [-0.4, -0.2) is 36.5 Å². The Morgan fingerprint density at radius 1 is 1.18 bits per heavy atom. The van der Waals surface area contributed by atoms with Crippen LogP contribution in [0.5, 0.6) is 0 Å². The Morgan fingerprint density at radius 2 is 1.86 bits per heavy atom. The van der Waals surface area contributed by atoms with Crippen molar-refractivity contribution in [1.29, 1.82) is 0 Å². The lowest BCUT2D eigenvalue weighted by molar-refractivity contribution is 0.0699. The van der Waals surface area contributed by atoms with Gasteiger partial charge in [-0.15, -0.1) is 12.4 Å². The summed E-state index contributed by atoms with van der Waals surface area (Å²) < 4.78 is 26.9. The zero-order valence-electron chi connectivity index (χ0n) is 12.4. The molecule has 1 saturated carbocycles. The number of carbonyl (C=O) groups is 1. The molecule has 0 aromatic heterocycles. The van der Waals surface area contributed by atoms with Crippen LogP contribution in [0, 0.1) is 17.6 Å². The predicted octanol–water partition coefficient (Wildman–Crippen LogP) is 2.99. The van der Waals surface area contributed by atoms with Gasteiger partial charge in [-0.25, -0.2) is 8.78 Å². The fourth-order valence-corrected chi connectivity index (χ4v) is 2.78. The van der Waals surface area contributed by atoms with Crippen LogP contribution in [0.25, 0.3) is 0 Å². The molecule has 0 atom stereocenters. The van der Waals surface area contributed by atoms with Crippen molar-refractivity contribution in [2.45, 2.75) is 31.7 Å². The van der Waals surface area contributed by atoms with Gasteiger partial charge >= 0.3 is 0 Å². The van der Waals surface area contributed by atoms with Crippen molar-refractivity contribution in [2.75, 3.05) is 19.6 Å². The first-order valence-electron chi connectivity index (χ1n) is 7.62. The van der Waals surface area contributed by atoms with E-state index in [-0.39, 0.29) is 18.0 Å². The van der Waals surface area contributed by atoms with Gasteiger partial charge in [-0.05, 0) is 50.3 Å². The molecule has 6 heteroatoms. The van der Waals surface area contributed by atoms with E-state index in [0.717, 1.165) is 31.4 Å².